The van der Waals surface area contributed by atoms with Gasteiger partial charge in [0.2, 0.25) is 0 Å². The first-order chi connectivity index (χ1) is 14.6. The molecule has 0 aliphatic carbocycles. The average Bonchev–Trinajstić information content (AvgIpc) is 3.25. The molecule has 5 heterocycles. The number of rotatable bonds is 3. The SMILES string of the molecule is Cc1cccc(-c2n[nH]cc2-c2ccc3ncc(N4C[C@@H](C)NC[C@H]4C)cc3n2)n1. The molecule has 4 aromatic rings. The van der Waals surface area contributed by atoms with E-state index in [0.717, 1.165) is 58.1 Å². The van der Waals surface area contributed by atoms with Crippen molar-refractivity contribution in [3.05, 3.63) is 54.5 Å². The monoisotopic (exact) mass is 399 g/mol. The van der Waals surface area contributed by atoms with E-state index in [1.165, 1.54) is 0 Å². The molecule has 2 N–H and O–H groups in total. The van der Waals surface area contributed by atoms with Gasteiger partial charge in [-0.15, -0.1) is 0 Å². The fraction of sp³-hybridized carbons (Fsp3) is 0.304. The van der Waals surface area contributed by atoms with Crippen LogP contribution in [0.1, 0.15) is 19.5 Å². The lowest BCUT2D eigenvalue weighted by Crippen LogP contribution is -2.54. The number of aromatic nitrogens is 5. The second kappa shape index (κ2) is 7.50. The van der Waals surface area contributed by atoms with Gasteiger partial charge >= 0.3 is 0 Å². The van der Waals surface area contributed by atoms with Gasteiger partial charge in [-0.05, 0) is 51.1 Å². The molecule has 7 nitrogen and oxygen atoms in total. The van der Waals surface area contributed by atoms with E-state index in [0.29, 0.717) is 12.1 Å². The van der Waals surface area contributed by atoms with Crippen LogP contribution >= 0.6 is 0 Å². The van der Waals surface area contributed by atoms with Gasteiger partial charge in [0.1, 0.15) is 5.69 Å². The third kappa shape index (κ3) is 3.41. The number of hydrogen-bond donors (Lipinski definition) is 2. The van der Waals surface area contributed by atoms with Gasteiger partial charge in [-0.1, -0.05) is 6.07 Å². The van der Waals surface area contributed by atoms with Gasteiger partial charge in [-0.2, -0.15) is 5.10 Å². The van der Waals surface area contributed by atoms with Crippen LogP contribution in [0.15, 0.2) is 48.8 Å². The van der Waals surface area contributed by atoms with Crippen molar-refractivity contribution in [1.82, 2.24) is 30.5 Å². The number of nitrogens with zero attached hydrogens (tertiary/aromatic N) is 5. The maximum absolute atomic E-state index is 4.93. The molecule has 30 heavy (non-hydrogen) atoms. The van der Waals surface area contributed by atoms with E-state index in [4.69, 9.17) is 4.98 Å². The largest absolute Gasteiger partial charge is 0.365 e. The van der Waals surface area contributed by atoms with Crippen LogP contribution in [0.3, 0.4) is 0 Å². The minimum Gasteiger partial charge on any atom is -0.365 e. The Morgan fingerprint density at radius 3 is 2.80 bits per heavy atom. The molecule has 152 valence electrons. The van der Waals surface area contributed by atoms with E-state index in [9.17, 15) is 0 Å². The Morgan fingerprint density at radius 1 is 1.03 bits per heavy atom. The minimum absolute atomic E-state index is 0.413. The highest BCUT2D eigenvalue weighted by Crippen LogP contribution is 2.30. The second-order valence-electron chi connectivity index (χ2n) is 8.05. The molecule has 0 saturated carbocycles. The number of pyridine rings is 3. The third-order valence-corrected chi connectivity index (χ3v) is 5.67. The van der Waals surface area contributed by atoms with Crippen molar-refractivity contribution in [3.8, 4) is 22.6 Å². The van der Waals surface area contributed by atoms with E-state index in [1.807, 2.05) is 49.6 Å². The number of aromatic amines is 1. The summed E-state index contributed by atoms with van der Waals surface area (Å²) in [5, 5.41) is 10.9. The number of piperazine rings is 1. The molecule has 4 aromatic heterocycles. The van der Waals surface area contributed by atoms with Crippen LogP contribution in [0, 0.1) is 6.92 Å². The summed E-state index contributed by atoms with van der Waals surface area (Å²) < 4.78 is 0. The number of hydrogen-bond acceptors (Lipinski definition) is 6. The molecule has 0 radical (unpaired) electrons. The Bertz CT molecular complexity index is 1200. The first kappa shape index (κ1) is 18.7. The van der Waals surface area contributed by atoms with Crippen molar-refractivity contribution in [1.29, 1.82) is 0 Å². The second-order valence-corrected chi connectivity index (χ2v) is 8.05. The topological polar surface area (TPSA) is 82.6 Å². The zero-order chi connectivity index (χ0) is 20.7. The van der Waals surface area contributed by atoms with Crippen LogP contribution in [0.5, 0.6) is 0 Å². The molecule has 1 aliphatic rings. The fourth-order valence-corrected chi connectivity index (χ4v) is 4.04. The number of aryl methyl sites for hydroxylation is 1. The molecule has 0 bridgehead atoms. The standard InChI is InChI=1S/C23H25N7/c1-14-5-4-6-21(27-14)23-18(12-26-29-23)19-7-8-20-22(28-19)9-17(11-25-20)30-13-15(2)24-10-16(30)3/h4-9,11-12,15-16,24H,10,13H2,1-3H3,(H,26,29)/t15-,16-/m1/s1. The molecule has 5 rings (SSSR count). The summed E-state index contributed by atoms with van der Waals surface area (Å²) >= 11 is 0. The third-order valence-electron chi connectivity index (χ3n) is 5.67. The van der Waals surface area contributed by atoms with Crippen molar-refractivity contribution in [3.63, 3.8) is 0 Å². The van der Waals surface area contributed by atoms with Crippen LogP contribution in [0.25, 0.3) is 33.7 Å². The Labute approximate surface area is 175 Å². The molecule has 0 aromatic carbocycles. The highest BCUT2D eigenvalue weighted by Gasteiger charge is 2.23. The van der Waals surface area contributed by atoms with Crippen molar-refractivity contribution < 1.29 is 0 Å². The highest BCUT2D eigenvalue weighted by atomic mass is 15.2. The van der Waals surface area contributed by atoms with Gasteiger partial charge in [0.05, 0.1) is 34.3 Å². The lowest BCUT2D eigenvalue weighted by Gasteiger charge is -2.39. The van der Waals surface area contributed by atoms with Crippen molar-refractivity contribution in [2.24, 2.45) is 0 Å². The van der Waals surface area contributed by atoms with E-state index in [2.05, 4.69) is 50.3 Å². The summed E-state index contributed by atoms with van der Waals surface area (Å²) in [6, 6.07) is 13.0. The number of nitrogens with one attached hydrogen (secondary N) is 2. The Balaban J connectivity index is 1.55. The minimum atomic E-state index is 0.413. The number of anilines is 1. The van der Waals surface area contributed by atoms with Gasteiger partial charge in [-0.25, -0.2) is 4.98 Å². The maximum atomic E-state index is 4.93. The smallest absolute Gasteiger partial charge is 0.120 e. The van der Waals surface area contributed by atoms with Crippen molar-refractivity contribution in [2.45, 2.75) is 32.9 Å². The van der Waals surface area contributed by atoms with E-state index < -0.39 is 0 Å². The van der Waals surface area contributed by atoms with Crippen LogP contribution < -0.4 is 10.2 Å². The molecule has 0 unspecified atom stereocenters. The molecule has 1 fully saturated rings. The first-order valence-corrected chi connectivity index (χ1v) is 10.3. The predicted molar refractivity (Wildman–Crippen MR) is 119 cm³/mol. The van der Waals surface area contributed by atoms with Crippen LogP contribution in [-0.4, -0.2) is 50.3 Å². The zero-order valence-corrected chi connectivity index (χ0v) is 17.4. The summed E-state index contributed by atoms with van der Waals surface area (Å²) in [5.41, 5.74) is 7.27. The van der Waals surface area contributed by atoms with Crippen LogP contribution in [0.4, 0.5) is 5.69 Å². The quantitative estimate of drug-likeness (QED) is 0.548. The number of fused-ring (bicyclic) bond motifs is 1. The Kier molecular flexibility index (Phi) is 4.67. The Morgan fingerprint density at radius 2 is 1.93 bits per heavy atom. The fourth-order valence-electron chi connectivity index (χ4n) is 4.04. The summed E-state index contributed by atoms with van der Waals surface area (Å²) in [7, 11) is 0. The van der Waals surface area contributed by atoms with Gasteiger partial charge in [0, 0.05) is 42.6 Å². The molecule has 1 saturated heterocycles. The number of H-pyrrole nitrogens is 1. The highest BCUT2D eigenvalue weighted by molar-refractivity contribution is 5.84. The molecular weight excluding hydrogens is 374 g/mol. The van der Waals surface area contributed by atoms with Crippen molar-refractivity contribution >= 4 is 16.7 Å². The van der Waals surface area contributed by atoms with Gasteiger partial charge in [-0.3, -0.25) is 15.1 Å². The van der Waals surface area contributed by atoms with Crippen LogP contribution in [0.2, 0.25) is 0 Å². The summed E-state index contributed by atoms with van der Waals surface area (Å²) in [5.74, 6) is 0. The lowest BCUT2D eigenvalue weighted by molar-refractivity contribution is 0.425. The van der Waals surface area contributed by atoms with E-state index >= 15 is 0 Å². The van der Waals surface area contributed by atoms with Gasteiger partial charge in [0.15, 0.2) is 0 Å². The first-order valence-electron chi connectivity index (χ1n) is 10.3. The van der Waals surface area contributed by atoms with Gasteiger partial charge < -0.3 is 10.2 Å². The van der Waals surface area contributed by atoms with Gasteiger partial charge in [0.25, 0.3) is 0 Å². The summed E-state index contributed by atoms with van der Waals surface area (Å²) in [6.45, 7) is 8.35. The van der Waals surface area contributed by atoms with Crippen molar-refractivity contribution in [2.75, 3.05) is 18.0 Å². The zero-order valence-electron chi connectivity index (χ0n) is 17.4. The summed E-state index contributed by atoms with van der Waals surface area (Å²) in [6.07, 6.45) is 3.84. The van der Waals surface area contributed by atoms with E-state index in [1.54, 1.807) is 0 Å². The molecule has 7 heteroatoms. The average molecular weight is 400 g/mol. The van der Waals surface area contributed by atoms with Crippen LogP contribution in [-0.2, 0) is 0 Å². The molecular formula is C23H25N7. The van der Waals surface area contributed by atoms with E-state index in [-0.39, 0.29) is 0 Å². The summed E-state index contributed by atoms with van der Waals surface area (Å²) in [4.78, 5) is 16.6. The maximum Gasteiger partial charge on any atom is 0.120 e. The predicted octanol–water partition coefficient (Wildman–Crippen LogP) is 3.58. The normalized spacial score (nSPS) is 19.4. The Hall–Kier alpha value is -3.32. The molecule has 0 spiro atoms. The molecule has 2 atom stereocenters. The lowest BCUT2D eigenvalue weighted by atomic mass is 10.1. The molecule has 1 aliphatic heterocycles. The molecule has 0 amide bonds.